The monoisotopic (exact) mass is 246 g/mol. The van der Waals surface area contributed by atoms with Gasteiger partial charge in [-0.3, -0.25) is 9.78 Å². The summed E-state index contributed by atoms with van der Waals surface area (Å²) in [4.78, 5) is 17.9. The highest BCUT2D eigenvalue weighted by Crippen LogP contribution is 2.31. The molecule has 1 aliphatic carbocycles. The summed E-state index contributed by atoms with van der Waals surface area (Å²) in [6, 6.07) is 4.55. The molecule has 0 N–H and O–H groups in total. The van der Waals surface area contributed by atoms with E-state index in [1.807, 2.05) is 18.3 Å². The van der Waals surface area contributed by atoms with Crippen LogP contribution in [0.15, 0.2) is 18.3 Å². The second-order valence-corrected chi connectivity index (χ2v) is 5.56. The van der Waals surface area contributed by atoms with Crippen LogP contribution in [0.25, 0.3) is 0 Å². The van der Waals surface area contributed by atoms with E-state index in [0.717, 1.165) is 18.2 Å². The van der Waals surface area contributed by atoms with Crippen molar-refractivity contribution in [1.29, 1.82) is 0 Å². The fourth-order valence-electron chi connectivity index (χ4n) is 2.07. The molecular weight excluding hydrogens is 224 g/mol. The smallest absolute Gasteiger partial charge is 0.178 e. The lowest BCUT2D eigenvalue weighted by Crippen LogP contribution is -2.27. The third kappa shape index (κ3) is 3.31. The van der Waals surface area contributed by atoms with Gasteiger partial charge in [-0.05, 0) is 37.3 Å². The summed E-state index contributed by atoms with van der Waals surface area (Å²) in [5, 5.41) is 0. The SMILES string of the molecule is CC(=O)c1ccc(N(CCC(C)C)C2CC2)cn1. The van der Waals surface area contributed by atoms with Crippen molar-refractivity contribution < 1.29 is 4.79 Å². The summed E-state index contributed by atoms with van der Waals surface area (Å²) in [7, 11) is 0. The highest BCUT2D eigenvalue weighted by atomic mass is 16.1. The van der Waals surface area contributed by atoms with E-state index in [1.165, 1.54) is 19.3 Å². The molecule has 3 nitrogen and oxygen atoms in total. The zero-order valence-corrected chi connectivity index (χ0v) is 11.5. The Hall–Kier alpha value is -1.38. The number of nitrogens with zero attached hydrogens (tertiary/aromatic N) is 2. The molecule has 2 rings (SSSR count). The van der Waals surface area contributed by atoms with Gasteiger partial charge in [-0.2, -0.15) is 0 Å². The third-order valence-corrected chi connectivity index (χ3v) is 3.38. The number of hydrogen-bond donors (Lipinski definition) is 0. The summed E-state index contributed by atoms with van der Waals surface area (Å²) in [6.07, 6.45) is 5.61. The average molecular weight is 246 g/mol. The van der Waals surface area contributed by atoms with Gasteiger partial charge >= 0.3 is 0 Å². The molecular formula is C15H22N2O. The third-order valence-electron chi connectivity index (χ3n) is 3.38. The van der Waals surface area contributed by atoms with Gasteiger partial charge in [0, 0.05) is 19.5 Å². The standard InChI is InChI=1S/C15H22N2O/c1-11(2)8-9-17(13-4-5-13)14-6-7-15(12(3)18)16-10-14/h6-7,10-11,13H,4-5,8-9H2,1-3H3. The van der Waals surface area contributed by atoms with E-state index in [4.69, 9.17) is 0 Å². The number of carbonyl (C=O) groups excluding carboxylic acids is 1. The molecule has 0 amide bonds. The summed E-state index contributed by atoms with van der Waals surface area (Å²) in [6.45, 7) is 7.15. The van der Waals surface area contributed by atoms with Gasteiger partial charge in [0.05, 0.1) is 11.9 Å². The van der Waals surface area contributed by atoms with Crippen LogP contribution in [0, 0.1) is 5.92 Å². The molecule has 0 atom stereocenters. The molecule has 0 bridgehead atoms. The van der Waals surface area contributed by atoms with Gasteiger partial charge < -0.3 is 4.90 Å². The number of hydrogen-bond acceptors (Lipinski definition) is 3. The fraction of sp³-hybridized carbons (Fsp3) is 0.600. The Morgan fingerprint density at radius 2 is 2.17 bits per heavy atom. The van der Waals surface area contributed by atoms with Crippen molar-refractivity contribution in [2.24, 2.45) is 5.92 Å². The summed E-state index contributed by atoms with van der Waals surface area (Å²) < 4.78 is 0. The number of carbonyl (C=O) groups is 1. The van der Waals surface area contributed by atoms with Crippen LogP contribution in [0.4, 0.5) is 5.69 Å². The first-order valence-corrected chi connectivity index (χ1v) is 6.81. The minimum atomic E-state index is 0.0294. The van der Waals surface area contributed by atoms with Crippen LogP contribution in [-0.4, -0.2) is 23.4 Å². The molecule has 18 heavy (non-hydrogen) atoms. The van der Waals surface area contributed by atoms with E-state index < -0.39 is 0 Å². The van der Waals surface area contributed by atoms with E-state index in [-0.39, 0.29) is 5.78 Å². The predicted octanol–water partition coefficient (Wildman–Crippen LogP) is 3.30. The number of pyridine rings is 1. The molecule has 0 saturated heterocycles. The molecule has 0 aliphatic heterocycles. The molecule has 98 valence electrons. The first-order valence-electron chi connectivity index (χ1n) is 6.81. The highest BCUT2D eigenvalue weighted by Gasteiger charge is 2.29. The number of Topliss-reactive ketones (excluding diaryl/α,β-unsaturated/α-hetero) is 1. The molecule has 1 aliphatic rings. The van der Waals surface area contributed by atoms with Crippen molar-refractivity contribution in [3.05, 3.63) is 24.0 Å². The van der Waals surface area contributed by atoms with Crippen molar-refractivity contribution in [1.82, 2.24) is 4.98 Å². The molecule has 0 radical (unpaired) electrons. The highest BCUT2D eigenvalue weighted by molar-refractivity contribution is 5.92. The number of rotatable bonds is 6. The lowest BCUT2D eigenvalue weighted by atomic mass is 10.1. The van der Waals surface area contributed by atoms with E-state index in [1.54, 1.807) is 6.92 Å². The van der Waals surface area contributed by atoms with Crippen LogP contribution in [0.5, 0.6) is 0 Å². The molecule has 0 aromatic carbocycles. The summed E-state index contributed by atoms with van der Waals surface area (Å²) >= 11 is 0. The Morgan fingerprint density at radius 1 is 1.44 bits per heavy atom. The zero-order valence-electron chi connectivity index (χ0n) is 11.5. The molecule has 0 spiro atoms. The molecule has 1 fully saturated rings. The van der Waals surface area contributed by atoms with Crippen molar-refractivity contribution in [3.63, 3.8) is 0 Å². The molecule has 1 aromatic heterocycles. The molecule has 1 saturated carbocycles. The maximum Gasteiger partial charge on any atom is 0.178 e. The summed E-state index contributed by atoms with van der Waals surface area (Å²) in [5.41, 5.74) is 1.71. The van der Waals surface area contributed by atoms with Crippen molar-refractivity contribution >= 4 is 11.5 Å². The summed E-state index contributed by atoms with van der Waals surface area (Å²) in [5.74, 6) is 0.748. The van der Waals surface area contributed by atoms with Gasteiger partial charge in [-0.15, -0.1) is 0 Å². The Morgan fingerprint density at radius 3 is 2.61 bits per heavy atom. The number of ketones is 1. The first-order chi connectivity index (χ1) is 8.58. The maximum atomic E-state index is 11.2. The van der Waals surface area contributed by atoms with Crippen LogP contribution >= 0.6 is 0 Å². The van der Waals surface area contributed by atoms with Crippen molar-refractivity contribution in [2.45, 2.75) is 46.1 Å². The van der Waals surface area contributed by atoms with Gasteiger partial charge in [0.2, 0.25) is 0 Å². The van der Waals surface area contributed by atoms with Crippen LogP contribution in [-0.2, 0) is 0 Å². The Balaban J connectivity index is 2.07. The van der Waals surface area contributed by atoms with E-state index in [0.29, 0.717) is 11.7 Å². The normalized spacial score (nSPS) is 14.9. The van der Waals surface area contributed by atoms with Gasteiger partial charge in [0.1, 0.15) is 5.69 Å². The number of anilines is 1. The maximum absolute atomic E-state index is 11.2. The Labute approximate surface area is 109 Å². The van der Waals surface area contributed by atoms with Crippen molar-refractivity contribution in [2.75, 3.05) is 11.4 Å². The molecule has 0 unspecified atom stereocenters. The van der Waals surface area contributed by atoms with Gasteiger partial charge in [0.25, 0.3) is 0 Å². The van der Waals surface area contributed by atoms with E-state index in [9.17, 15) is 4.79 Å². The fourth-order valence-corrected chi connectivity index (χ4v) is 2.07. The Kier molecular flexibility index (Phi) is 4.00. The van der Waals surface area contributed by atoms with Crippen LogP contribution < -0.4 is 4.90 Å². The Bertz CT molecular complexity index is 407. The second-order valence-electron chi connectivity index (χ2n) is 5.56. The molecule has 1 heterocycles. The van der Waals surface area contributed by atoms with E-state index in [2.05, 4.69) is 23.7 Å². The van der Waals surface area contributed by atoms with Crippen LogP contribution in [0.1, 0.15) is 50.5 Å². The first kappa shape index (κ1) is 13.1. The van der Waals surface area contributed by atoms with Gasteiger partial charge in [-0.25, -0.2) is 0 Å². The molecule has 1 aromatic rings. The molecule has 3 heteroatoms. The van der Waals surface area contributed by atoms with E-state index >= 15 is 0 Å². The van der Waals surface area contributed by atoms with Crippen LogP contribution in [0.2, 0.25) is 0 Å². The average Bonchev–Trinajstić information content (AvgIpc) is 3.14. The minimum Gasteiger partial charge on any atom is -0.367 e. The predicted molar refractivity (Wildman–Crippen MR) is 74.1 cm³/mol. The minimum absolute atomic E-state index is 0.0294. The topological polar surface area (TPSA) is 33.2 Å². The number of aromatic nitrogens is 1. The van der Waals surface area contributed by atoms with Gasteiger partial charge in [-0.1, -0.05) is 13.8 Å². The van der Waals surface area contributed by atoms with Gasteiger partial charge in [0.15, 0.2) is 5.78 Å². The largest absolute Gasteiger partial charge is 0.367 e. The lowest BCUT2D eigenvalue weighted by molar-refractivity contribution is 0.101. The zero-order chi connectivity index (χ0) is 13.1. The second kappa shape index (κ2) is 5.51. The van der Waals surface area contributed by atoms with Crippen molar-refractivity contribution in [3.8, 4) is 0 Å². The quantitative estimate of drug-likeness (QED) is 0.722. The van der Waals surface area contributed by atoms with Crippen LogP contribution in [0.3, 0.4) is 0 Å². The lowest BCUT2D eigenvalue weighted by Gasteiger charge is -2.25.